The molecule has 1 amide bonds. The van der Waals surface area contributed by atoms with Crippen LogP contribution < -0.4 is 5.73 Å². The first kappa shape index (κ1) is 13.4. The zero-order valence-corrected chi connectivity index (χ0v) is 9.93. The van der Waals surface area contributed by atoms with E-state index in [1.165, 1.54) is 0 Å². The first-order valence-corrected chi connectivity index (χ1v) is 5.56. The molecule has 17 heavy (non-hydrogen) atoms. The zero-order chi connectivity index (χ0) is 13.0. The fraction of sp³-hybridized carbons (Fsp3) is 0.500. The first-order valence-electron chi connectivity index (χ1n) is 5.56. The predicted molar refractivity (Wildman–Crippen MR) is 64.3 cm³/mol. The van der Waals surface area contributed by atoms with E-state index in [2.05, 4.69) is 6.58 Å². The maximum absolute atomic E-state index is 11.4. The van der Waals surface area contributed by atoms with Crippen LogP contribution in [-0.4, -0.2) is 40.8 Å². The molecule has 0 saturated carbocycles. The number of carbonyl (C=O) groups excluding carboxylic acids is 2. The van der Waals surface area contributed by atoms with Crippen LogP contribution in [-0.2, 0) is 9.59 Å². The van der Waals surface area contributed by atoms with Crippen LogP contribution in [0.4, 0.5) is 0 Å². The molecule has 0 aromatic rings. The summed E-state index contributed by atoms with van der Waals surface area (Å²) >= 11 is 0. The molecule has 0 aliphatic carbocycles. The van der Waals surface area contributed by atoms with E-state index in [1.807, 2.05) is 0 Å². The summed E-state index contributed by atoms with van der Waals surface area (Å²) in [6.45, 7) is 5.84. The SMILES string of the molecule is C=CC1=C(O)[C@@H](C)N(C(CCC=O)C(N)=O)C1. The zero-order valence-electron chi connectivity index (χ0n) is 9.93. The summed E-state index contributed by atoms with van der Waals surface area (Å²) in [7, 11) is 0. The lowest BCUT2D eigenvalue weighted by atomic mass is 10.1. The summed E-state index contributed by atoms with van der Waals surface area (Å²) < 4.78 is 0. The second-order valence-electron chi connectivity index (χ2n) is 4.13. The van der Waals surface area contributed by atoms with E-state index in [-0.39, 0.29) is 18.2 Å². The molecule has 1 rings (SSSR count). The molecule has 0 saturated heterocycles. The highest BCUT2D eigenvalue weighted by molar-refractivity contribution is 5.80. The van der Waals surface area contributed by atoms with Gasteiger partial charge < -0.3 is 15.6 Å². The van der Waals surface area contributed by atoms with Crippen molar-refractivity contribution in [2.24, 2.45) is 5.73 Å². The van der Waals surface area contributed by atoms with Crippen LogP contribution in [0.5, 0.6) is 0 Å². The Morgan fingerprint density at radius 1 is 1.76 bits per heavy atom. The number of aldehydes is 1. The van der Waals surface area contributed by atoms with Gasteiger partial charge in [0, 0.05) is 18.5 Å². The smallest absolute Gasteiger partial charge is 0.234 e. The Hall–Kier alpha value is -1.62. The van der Waals surface area contributed by atoms with Crippen molar-refractivity contribution in [3.8, 4) is 0 Å². The monoisotopic (exact) mass is 238 g/mol. The lowest BCUT2D eigenvalue weighted by Gasteiger charge is -2.28. The molecule has 0 spiro atoms. The third-order valence-corrected chi connectivity index (χ3v) is 3.11. The van der Waals surface area contributed by atoms with Crippen LogP contribution in [0.15, 0.2) is 24.0 Å². The van der Waals surface area contributed by atoms with Gasteiger partial charge in [-0.05, 0) is 13.3 Å². The number of amides is 1. The van der Waals surface area contributed by atoms with Crippen molar-refractivity contribution in [2.45, 2.75) is 31.8 Å². The summed E-state index contributed by atoms with van der Waals surface area (Å²) in [5.74, 6) is -0.255. The Kier molecular flexibility index (Phi) is 4.45. The first-order chi connectivity index (χ1) is 8.02. The molecule has 94 valence electrons. The van der Waals surface area contributed by atoms with E-state index < -0.39 is 11.9 Å². The molecule has 5 nitrogen and oxygen atoms in total. The van der Waals surface area contributed by atoms with Crippen molar-refractivity contribution < 1.29 is 14.7 Å². The number of carbonyl (C=O) groups is 2. The standard InChI is InChI=1S/C12H18N2O3/c1-3-9-7-14(8(2)11(9)16)10(12(13)17)5-4-6-15/h3,6,8,10,16H,1,4-5,7H2,2H3,(H2,13,17)/t8-,10?/m1/s1. The van der Waals surface area contributed by atoms with Crippen LogP contribution in [0, 0.1) is 0 Å². The molecular formula is C12H18N2O3. The number of aliphatic hydroxyl groups excluding tert-OH is 1. The van der Waals surface area contributed by atoms with Crippen molar-refractivity contribution in [3.05, 3.63) is 24.0 Å². The van der Waals surface area contributed by atoms with Gasteiger partial charge in [-0.2, -0.15) is 0 Å². The van der Waals surface area contributed by atoms with Crippen LogP contribution in [0.25, 0.3) is 0 Å². The minimum atomic E-state index is -0.533. The summed E-state index contributed by atoms with van der Waals surface area (Å²) in [6.07, 6.45) is 2.99. The van der Waals surface area contributed by atoms with Crippen molar-refractivity contribution in [3.63, 3.8) is 0 Å². The van der Waals surface area contributed by atoms with Gasteiger partial charge in [-0.3, -0.25) is 9.69 Å². The van der Waals surface area contributed by atoms with E-state index in [1.54, 1.807) is 17.9 Å². The predicted octanol–water partition coefficient (Wildman–Crippen LogP) is 0.522. The second-order valence-corrected chi connectivity index (χ2v) is 4.13. The third kappa shape index (κ3) is 2.74. The molecule has 1 heterocycles. The molecule has 0 fully saturated rings. The molecule has 0 bridgehead atoms. The largest absolute Gasteiger partial charge is 0.510 e. The van der Waals surface area contributed by atoms with Gasteiger partial charge >= 0.3 is 0 Å². The highest BCUT2D eigenvalue weighted by atomic mass is 16.3. The Morgan fingerprint density at radius 2 is 2.41 bits per heavy atom. The Balaban J connectivity index is 2.82. The van der Waals surface area contributed by atoms with Crippen molar-refractivity contribution in [2.75, 3.05) is 6.54 Å². The Morgan fingerprint density at radius 3 is 2.82 bits per heavy atom. The molecule has 5 heteroatoms. The van der Waals surface area contributed by atoms with Crippen LogP contribution in [0.3, 0.4) is 0 Å². The second kappa shape index (κ2) is 5.63. The third-order valence-electron chi connectivity index (χ3n) is 3.11. The molecule has 1 aliphatic heterocycles. The number of hydrogen-bond acceptors (Lipinski definition) is 4. The minimum absolute atomic E-state index is 0.220. The van der Waals surface area contributed by atoms with E-state index in [4.69, 9.17) is 5.73 Å². The van der Waals surface area contributed by atoms with Crippen LogP contribution >= 0.6 is 0 Å². The quantitative estimate of drug-likeness (QED) is 0.661. The van der Waals surface area contributed by atoms with Gasteiger partial charge in [0.25, 0.3) is 0 Å². The van der Waals surface area contributed by atoms with E-state index in [0.717, 1.165) is 6.29 Å². The lowest BCUT2D eigenvalue weighted by Crippen LogP contribution is -2.47. The normalized spacial score (nSPS) is 22.5. The van der Waals surface area contributed by atoms with Gasteiger partial charge in [-0.15, -0.1) is 0 Å². The summed E-state index contributed by atoms with van der Waals surface area (Å²) in [5, 5.41) is 9.83. The molecule has 0 radical (unpaired) electrons. The van der Waals surface area contributed by atoms with Crippen molar-refractivity contribution in [1.82, 2.24) is 4.90 Å². The fourth-order valence-corrected chi connectivity index (χ4v) is 2.09. The maximum atomic E-state index is 11.4. The molecular weight excluding hydrogens is 220 g/mol. The fourth-order valence-electron chi connectivity index (χ4n) is 2.09. The summed E-state index contributed by atoms with van der Waals surface area (Å²) in [6, 6.07) is -0.804. The van der Waals surface area contributed by atoms with Crippen molar-refractivity contribution >= 4 is 12.2 Å². The molecule has 3 N–H and O–H groups in total. The average Bonchev–Trinajstić information content (AvgIpc) is 2.57. The van der Waals surface area contributed by atoms with E-state index in [9.17, 15) is 14.7 Å². The Labute approximate surface area is 101 Å². The van der Waals surface area contributed by atoms with Gasteiger partial charge in [0.1, 0.15) is 12.0 Å². The number of nitrogens with two attached hydrogens (primary N) is 1. The highest BCUT2D eigenvalue weighted by Crippen LogP contribution is 2.26. The molecule has 2 atom stereocenters. The number of rotatable bonds is 6. The number of hydrogen-bond donors (Lipinski definition) is 2. The van der Waals surface area contributed by atoms with Gasteiger partial charge in [0.2, 0.25) is 5.91 Å². The number of nitrogens with zero attached hydrogens (tertiary/aromatic N) is 1. The summed E-state index contributed by atoms with van der Waals surface area (Å²) in [4.78, 5) is 23.5. The van der Waals surface area contributed by atoms with Gasteiger partial charge in [0.05, 0.1) is 12.1 Å². The van der Waals surface area contributed by atoms with Crippen LogP contribution in [0.2, 0.25) is 0 Å². The highest BCUT2D eigenvalue weighted by Gasteiger charge is 2.35. The molecule has 1 aliphatic rings. The van der Waals surface area contributed by atoms with Gasteiger partial charge in [-0.25, -0.2) is 0 Å². The number of aliphatic hydroxyl groups is 1. The molecule has 1 unspecified atom stereocenters. The minimum Gasteiger partial charge on any atom is -0.510 e. The van der Waals surface area contributed by atoms with Crippen LogP contribution in [0.1, 0.15) is 19.8 Å². The van der Waals surface area contributed by atoms with Gasteiger partial charge in [-0.1, -0.05) is 12.7 Å². The lowest BCUT2D eigenvalue weighted by molar-refractivity contribution is -0.123. The number of primary amides is 1. The summed E-state index contributed by atoms with van der Waals surface area (Å²) in [5.41, 5.74) is 6.03. The topological polar surface area (TPSA) is 83.6 Å². The molecule has 0 aromatic heterocycles. The van der Waals surface area contributed by atoms with E-state index >= 15 is 0 Å². The maximum Gasteiger partial charge on any atom is 0.234 e. The van der Waals surface area contributed by atoms with Gasteiger partial charge in [0.15, 0.2) is 0 Å². The average molecular weight is 238 g/mol. The van der Waals surface area contributed by atoms with Crippen molar-refractivity contribution in [1.29, 1.82) is 0 Å². The molecule has 0 aromatic carbocycles. The Bertz CT molecular complexity index is 363. The van der Waals surface area contributed by atoms with E-state index in [0.29, 0.717) is 18.5 Å².